The molecule has 0 aromatic heterocycles. The number of allylic oxidation sites excluding steroid dienone is 2. The monoisotopic (exact) mass is 768 g/mol. The molecule has 0 aromatic carbocycles. The lowest BCUT2D eigenvalue weighted by Gasteiger charge is -2.50. The number of rotatable bonds is 14. The number of carboxylic acid groups (broad SMARTS) is 1. The zero-order chi connectivity index (χ0) is 39.9. The number of aliphatic hydroxyl groups excluding tert-OH is 2. The van der Waals surface area contributed by atoms with Crippen LogP contribution in [0.25, 0.3) is 0 Å². The van der Waals surface area contributed by atoms with E-state index in [4.69, 9.17) is 38.6 Å². The smallest absolute Gasteiger partial charge is 0.357 e. The molecule has 3 rings (SSSR count). The first-order valence-electron chi connectivity index (χ1n) is 16.6. The highest BCUT2D eigenvalue weighted by Gasteiger charge is 2.57. The Hall–Kier alpha value is -4.20. The third-order valence-electron chi connectivity index (χ3n) is 9.30. The molecule has 0 aromatic rings. The van der Waals surface area contributed by atoms with Gasteiger partial charge >= 0.3 is 23.9 Å². The number of thiocarbonyl (C=S) groups is 1. The normalized spacial score (nSPS) is 31.8. The van der Waals surface area contributed by atoms with Gasteiger partial charge in [-0.2, -0.15) is 4.99 Å². The number of isothiocyanates is 1. The van der Waals surface area contributed by atoms with Crippen LogP contribution in [0.5, 0.6) is 0 Å². The van der Waals surface area contributed by atoms with E-state index in [-0.39, 0.29) is 12.1 Å². The van der Waals surface area contributed by atoms with Gasteiger partial charge in [0.1, 0.15) is 54.2 Å². The van der Waals surface area contributed by atoms with E-state index in [1.54, 1.807) is 13.8 Å². The van der Waals surface area contributed by atoms with Gasteiger partial charge in [0.2, 0.25) is 5.78 Å². The molecule has 0 bridgehead atoms. The fourth-order valence-corrected chi connectivity index (χ4v) is 6.18. The summed E-state index contributed by atoms with van der Waals surface area (Å²) in [6.45, 7) is 8.27. The van der Waals surface area contributed by atoms with E-state index < -0.39 is 126 Å². The number of aliphatic imine (C=N–C) groups is 1. The van der Waals surface area contributed by atoms with Crippen LogP contribution < -0.4 is 0 Å². The molecular weight excluding hydrogens is 724 g/mol. The van der Waals surface area contributed by atoms with Crippen molar-refractivity contribution in [3.8, 4) is 0 Å². The van der Waals surface area contributed by atoms with Crippen LogP contribution in [-0.2, 0) is 57.1 Å². The number of hydrogen-bond acceptors (Lipinski definition) is 18. The summed E-state index contributed by atoms with van der Waals surface area (Å²) in [7, 11) is 1.29. The Balaban J connectivity index is 2.11. The highest BCUT2D eigenvalue weighted by Crippen LogP contribution is 2.40. The van der Waals surface area contributed by atoms with Gasteiger partial charge in [-0.05, 0) is 45.5 Å². The van der Waals surface area contributed by atoms with Crippen LogP contribution in [-0.4, -0.2) is 135 Å². The number of esters is 3. The number of carbonyl (C=O) groups is 5. The molecular formula is C34H44N2O16S. The SMILES string of the molecule is C/C=C(\N=C=S)C(=O)O[C@H]1[C@@H](O[C@H]2C[C@H](OC)[C@@](O)([C@H](C)OC(=O)[C@@H](C)CC)[C@H](C)O2)[C@@H](O)[C@H](C2=CC(=O)C(=N)C(C(=O)O)=C2O)O[C@@H]1COC(C)=O. The zero-order valence-corrected chi connectivity index (χ0v) is 30.9. The van der Waals surface area contributed by atoms with E-state index in [9.17, 15) is 44.4 Å². The first-order chi connectivity index (χ1) is 24.9. The van der Waals surface area contributed by atoms with Crippen LogP contribution in [0.15, 0.2) is 39.7 Å². The van der Waals surface area contributed by atoms with Gasteiger partial charge in [-0.15, -0.1) is 0 Å². The second-order valence-electron chi connectivity index (χ2n) is 12.5. The Kier molecular flexibility index (Phi) is 14.9. The minimum Gasteiger partial charge on any atom is -0.507 e. The van der Waals surface area contributed by atoms with Crippen LogP contribution >= 0.6 is 12.2 Å². The van der Waals surface area contributed by atoms with Crippen molar-refractivity contribution in [2.24, 2.45) is 10.9 Å². The molecule has 5 N–H and O–H groups in total. The lowest BCUT2D eigenvalue weighted by Crippen LogP contribution is -2.67. The zero-order valence-electron chi connectivity index (χ0n) is 30.1. The summed E-state index contributed by atoms with van der Waals surface area (Å²) in [6, 6.07) is 0. The van der Waals surface area contributed by atoms with Crippen LogP contribution in [0.2, 0.25) is 0 Å². The molecule has 2 heterocycles. The Morgan fingerprint density at radius 2 is 1.89 bits per heavy atom. The molecule has 0 unspecified atom stereocenters. The predicted molar refractivity (Wildman–Crippen MR) is 183 cm³/mol. The molecule has 292 valence electrons. The lowest BCUT2D eigenvalue weighted by atomic mass is 9.81. The summed E-state index contributed by atoms with van der Waals surface area (Å²) in [6.07, 6.45) is -11.4. The Morgan fingerprint density at radius 3 is 2.43 bits per heavy atom. The summed E-state index contributed by atoms with van der Waals surface area (Å²) in [4.78, 5) is 66.1. The van der Waals surface area contributed by atoms with E-state index in [2.05, 4.69) is 17.2 Å². The highest BCUT2D eigenvalue weighted by atomic mass is 32.1. The molecule has 1 aliphatic carbocycles. The fourth-order valence-electron chi connectivity index (χ4n) is 6.08. The highest BCUT2D eigenvalue weighted by molar-refractivity contribution is 7.78. The number of hydrogen-bond donors (Lipinski definition) is 5. The Morgan fingerprint density at radius 1 is 1.23 bits per heavy atom. The Bertz CT molecular complexity index is 1620. The maximum atomic E-state index is 13.3. The van der Waals surface area contributed by atoms with Crippen molar-refractivity contribution in [2.75, 3.05) is 13.7 Å². The molecule has 3 aliphatic rings. The van der Waals surface area contributed by atoms with Gasteiger partial charge in [0.05, 0.1) is 23.3 Å². The molecule has 2 aliphatic heterocycles. The van der Waals surface area contributed by atoms with Gasteiger partial charge in [0.15, 0.2) is 23.7 Å². The number of carbonyl (C=O) groups excluding carboxylic acids is 4. The topological polar surface area (TPSA) is 267 Å². The molecule has 0 saturated carbocycles. The Labute approximate surface area is 309 Å². The van der Waals surface area contributed by atoms with Crippen LogP contribution in [0.1, 0.15) is 54.4 Å². The summed E-state index contributed by atoms with van der Waals surface area (Å²) < 4.78 is 40.3. The second-order valence-corrected chi connectivity index (χ2v) is 12.7. The van der Waals surface area contributed by atoms with Gasteiger partial charge in [-0.25, -0.2) is 9.59 Å². The molecule has 19 heteroatoms. The second kappa shape index (κ2) is 18.2. The van der Waals surface area contributed by atoms with Gasteiger partial charge in [-0.3, -0.25) is 19.8 Å². The summed E-state index contributed by atoms with van der Waals surface area (Å²) in [5.74, 6) is -6.96. The average molecular weight is 769 g/mol. The third kappa shape index (κ3) is 9.31. The molecule has 11 atom stereocenters. The molecule has 0 amide bonds. The number of aliphatic carboxylic acids is 1. The van der Waals surface area contributed by atoms with E-state index in [0.29, 0.717) is 12.5 Å². The third-order valence-corrected chi connectivity index (χ3v) is 9.39. The first kappa shape index (κ1) is 43.2. The van der Waals surface area contributed by atoms with Gasteiger partial charge in [0.25, 0.3) is 0 Å². The minimum atomic E-state index is -2.01. The van der Waals surface area contributed by atoms with E-state index >= 15 is 0 Å². The molecule has 2 fully saturated rings. The van der Waals surface area contributed by atoms with Crippen LogP contribution in [0, 0.1) is 11.3 Å². The molecule has 0 spiro atoms. The van der Waals surface area contributed by atoms with Crippen LogP contribution in [0.3, 0.4) is 0 Å². The molecule has 0 radical (unpaired) electrons. The number of carboxylic acids is 1. The van der Waals surface area contributed by atoms with Crippen molar-refractivity contribution in [3.63, 3.8) is 0 Å². The number of aliphatic hydroxyl groups is 3. The number of nitrogens with zero attached hydrogens (tertiary/aromatic N) is 1. The number of nitrogens with one attached hydrogen (secondary N) is 1. The van der Waals surface area contributed by atoms with Crippen molar-refractivity contribution in [3.05, 3.63) is 34.8 Å². The maximum Gasteiger partial charge on any atom is 0.357 e. The largest absolute Gasteiger partial charge is 0.507 e. The maximum absolute atomic E-state index is 13.3. The summed E-state index contributed by atoms with van der Waals surface area (Å²) in [5.41, 5.74) is -4.92. The number of methoxy groups -OCH3 is 1. The minimum absolute atomic E-state index is 0.269. The van der Waals surface area contributed by atoms with E-state index in [0.717, 1.165) is 6.92 Å². The van der Waals surface area contributed by atoms with Gasteiger partial charge < -0.3 is 53.6 Å². The summed E-state index contributed by atoms with van der Waals surface area (Å²) >= 11 is 4.61. The van der Waals surface area contributed by atoms with Crippen molar-refractivity contribution in [2.45, 2.75) is 115 Å². The van der Waals surface area contributed by atoms with E-state index in [1.165, 1.54) is 34.0 Å². The first-order valence-corrected chi connectivity index (χ1v) is 17.0. The lowest BCUT2D eigenvalue weighted by molar-refractivity contribution is -0.337. The molecule has 53 heavy (non-hydrogen) atoms. The standard InChI is InChI=1S/C34H44N2O16S/c1-8-14(3)32(43)49-16(5)34(45)15(4)48-23(11-22(34)46-7)51-30-27(40)28(18-10-20(38)25(35)24(26(18)39)31(41)42)50-21(12-47-17(6)37)29(30)52-33(44)19(9-2)36-13-53/h9-10,14-16,21-23,27-30,35,39-40,45H,8,11-12H2,1-7H3,(H,41,42)/b19-9-,35-25?/t14-,15-,16-,21+,22-,23-,27-,28-,29+,30-,34-/m0/s1. The van der Waals surface area contributed by atoms with Gasteiger partial charge in [0, 0.05) is 26.0 Å². The van der Waals surface area contributed by atoms with E-state index in [1.807, 2.05) is 5.16 Å². The van der Waals surface area contributed by atoms with Crippen LogP contribution in [0.4, 0.5) is 0 Å². The van der Waals surface area contributed by atoms with Crippen molar-refractivity contribution in [1.29, 1.82) is 5.41 Å². The predicted octanol–water partition coefficient (Wildman–Crippen LogP) is 1.27. The van der Waals surface area contributed by atoms with Crippen molar-refractivity contribution < 1.29 is 77.6 Å². The fraction of sp³-hybridized carbons (Fsp3) is 0.618. The van der Waals surface area contributed by atoms with Gasteiger partial charge in [-0.1, -0.05) is 19.9 Å². The average Bonchev–Trinajstić information content (AvgIpc) is 3.10. The molecule has 18 nitrogen and oxygen atoms in total. The number of ketones is 1. The number of ether oxygens (including phenoxy) is 7. The van der Waals surface area contributed by atoms with Crippen molar-refractivity contribution >= 4 is 52.8 Å². The van der Waals surface area contributed by atoms with Crippen molar-refractivity contribution in [1.82, 2.24) is 0 Å². The quantitative estimate of drug-likeness (QED) is 0.0416. The summed E-state index contributed by atoms with van der Waals surface area (Å²) in [5, 5.41) is 54.2. The molecule has 2 saturated heterocycles.